The quantitative estimate of drug-likeness (QED) is 0.177. The molecule has 7 rings (SSSR count). The van der Waals surface area contributed by atoms with Crippen molar-refractivity contribution in [3.05, 3.63) is 94.5 Å². The largest absolute Gasteiger partial charge is 0.488 e. The smallest absolute Gasteiger partial charge is 0.410 e. The Hall–Kier alpha value is -5.10. The summed E-state index contributed by atoms with van der Waals surface area (Å²) in [5.74, 6) is 1.68. The number of hydrogen-bond acceptors (Lipinski definition) is 8. The van der Waals surface area contributed by atoms with Crippen LogP contribution in [0.1, 0.15) is 79.7 Å². The number of fused-ring (bicyclic) bond motifs is 1. The average molecular weight is 822 g/mol. The maximum absolute atomic E-state index is 14.4. The van der Waals surface area contributed by atoms with E-state index >= 15 is 0 Å². The van der Waals surface area contributed by atoms with Gasteiger partial charge in [0.1, 0.15) is 12.4 Å². The Bertz CT molecular complexity index is 1910. The van der Waals surface area contributed by atoms with Gasteiger partial charge in [-0.1, -0.05) is 60.7 Å². The molecule has 4 heterocycles. The zero-order valence-corrected chi connectivity index (χ0v) is 35.7. The van der Waals surface area contributed by atoms with Gasteiger partial charge in [0.2, 0.25) is 0 Å². The maximum atomic E-state index is 14.4. The second-order valence-electron chi connectivity index (χ2n) is 17.1. The highest BCUT2D eigenvalue weighted by Gasteiger charge is 2.37. The van der Waals surface area contributed by atoms with Crippen LogP contribution in [0.3, 0.4) is 0 Å². The molecule has 0 radical (unpaired) electrons. The van der Waals surface area contributed by atoms with E-state index in [0.29, 0.717) is 77.0 Å². The zero-order chi connectivity index (χ0) is 42.0. The van der Waals surface area contributed by atoms with E-state index in [4.69, 9.17) is 14.2 Å². The molecular formula is C48H63N5O7. The topological polar surface area (TPSA) is 121 Å². The van der Waals surface area contributed by atoms with Crippen molar-refractivity contribution in [2.24, 2.45) is 11.8 Å². The van der Waals surface area contributed by atoms with Gasteiger partial charge in [-0.05, 0) is 125 Å². The number of para-hydroxylation sites is 1. The van der Waals surface area contributed by atoms with Crippen LogP contribution in [0.4, 0.5) is 15.3 Å². The molecule has 12 nitrogen and oxygen atoms in total. The number of hydrogen-bond donors (Lipinski definition) is 1. The number of nitrogens with zero attached hydrogens (tertiary/aromatic N) is 4. The van der Waals surface area contributed by atoms with Gasteiger partial charge in [-0.3, -0.25) is 9.59 Å². The minimum Gasteiger partial charge on any atom is -0.488 e. The van der Waals surface area contributed by atoms with E-state index in [1.807, 2.05) is 91.2 Å². The van der Waals surface area contributed by atoms with Gasteiger partial charge in [-0.15, -0.1) is 0 Å². The Kier molecular flexibility index (Phi) is 14.7. The molecule has 3 aromatic rings. The van der Waals surface area contributed by atoms with Gasteiger partial charge in [-0.2, -0.15) is 0 Å². The molecule has 0 spiro atoms. The number of carbonyl (C=O) groups is 4. The number of esters is 1. The average Bonchev–Trinajstić information content (AvgIpc) is 3.43. The van der Waals surface area contributed by atoms with E-state index in [1.165, 1.54) is 0 Å². The lowest BCUT2D eigenvalue weighted by atomic mass is 9.78. The summed E-state index contributed by atoms with van der Waals surface area (Å²) >= 11 is 0. The standard InChI is InChI=1S/C48H63N5O7/c1-4-58-44(54)21-24-50-22-14-38(15-23-50)39-16-25-51(26-17-39)46(55)43(32-37-30-34(2)45(35(3)31-37)59-33-36-10-6-5-7-11-36)60-48(57)52-27-19-41(20-28-52)53-29-18-40-12-8-9-13-42(40)49-47(53)56/h5-13,30-31,38-39,41,43H,4,14-29,32-33H2,1-3H3,(H,49,56)/t43-/m1/s1. The van der Waals surface area contributed by atoms with Crippen LogP contribution in [0.2, 0.25) is 0 Å². The predicted octanol–water partition coefficient (Wildman–Crippen LogP) is 7.39. The number of piperidine rings is 3. The lowest BCUT2D eigenvalue weighted by Gasteiger charge is -2.41. The number of amides is 4. The lowest BCUT2D eigenvalue weighted by molar-refractivity contribution is -0.144. The van der Waals surface area contributed by atoms with Crippen molar-refractivity contribution in [1.29, 1.82) is 0 Å². The molecule has 0 unspecified atom stereocenters. The first-order chi connectivity index (χ1) is 29.1. The van der Waals surface area contributed by atoms with Crippen LogP contribution in [0.25, 0.3) is 0 Å². The second-order valence-corrected chi connectivity index (χ2v) is 17.1. The first-order valence-corrected chi connectivity index (χ1v) is 22.2. The van der Waals surface area contributed by atoms with E-state index in [9.17, 15) is 19.2 Å². The van der Waals surface area contributed by atoms with Crippen molar-refractivity contribution >= 4 is 29.7 Å². The van der Waals surface area contributed by atoms with Crippen molar-refractivity contribution in [2.45, 2.75) is 97.3 Å². The summed E-state index contributed by atoms with van der Waals surface area (Å²) in [5.41, 5.74) is 5.92. The first-order valence-electron chi connectivity index (χ1n) is 22.2. The van der Waals surface area contributed by atoms with Gasteiger partial charge in [0.15, 0.2) is 6.10 Å². The molecule has 4 aliphatic heterocycles. The van der Waals surface area contributed by atoms with Gasteiger partial charge >= 0.3 is 18.1 Å². The number of ether oxygens (including phenoxy) is 3. The van der Waals surface area contributed by atoms with Crippen molar-refractivity contribution in [3.63, 3.8) is 0 Å². The summed E-state index contributed by atoms with van der Waals surface area (Å²) in [5, 5.41) is 3.07. The third kappa shape index (κ3) is 11.0. The van der Waals surface area contributed by atoms with Gasteiger partial charge in [0.25, 0.3) is 5.91 Å². The van der Waals surface area contributed by atoms with Crippen LogP contribution in [0, 0.1) is 25.7 Å². The van der Waals surface area contributed by atoms with E-state index in [-0.39, 0.29) is 30.4 Å². The highest BCUT2D eigenvalue weighted by Crippen LogP contribution is 2.34. The van der Waals surface area contributed by atoms with Crippen molar-refractivity contribution in [3.8, 4) is 5.75 Å². The Morgan fingerprint density at radius 1 is 0.767 bits per heavy atom. The molecule has 322 valence electrons. The maximum Gasteiger partial charge on any atom is 0.410 e. The van der Waals surface area contributed by atoms with E-state index in [0.717, 1.165) is 91.0 Å². The Morgan fingerprint density at radius 3 is 2.08 bits per heavy atom. The molecule has 0 aliphatic carbocycles. The number of urea groups is 1. The minimum atomic E-state index is -0.973. The SMILES string of the molecule is CCOC(=O)CCN1CCC(C2CCN(C(=O)[C@@H](Cc3cc(C)c(OCc4ccccc4)c(C)c3)OC(=O)N3CCC(N4CCc5ccccc5NC4=O)CC3)CC2)CC1. The minimum absolute atomic E-state index is 0.00694. The molecular weight excluding hydrogens is 759 g/mol. The van der Waals surface area contributed by atoms with E-state index < -0.39 is 12.2 Å². The van der Waals surface area contributed by atoms with E-state index in [2.05, 4.69) is 16.3 Å². The molecule has 12 heteroatoms. The fourth-order valence-corrected chi connectivity index (χ4v) is 9.73. The fraction of sp³-hybridized carbons (Fsp3) is 0.542. The second kappa shape index (κ2) is 20.4. The van der Waals surface area contributed by atoms with Crippen LogP contribution in [0.5, 0.6) is 5.75 Å². The molecule has 60 heavy (non-hydrogen) atoms. The third-order valence-electron chi connectivity index (χ3n) is 13.1. The summed E-state index contributed by atoms with van der Waals surface area (Å²) in [4.78, 5) is 61.4. The van der Waals surface area contributed by atoms with Crippen molar-refractivity contribution < 1.29 is 33.4 Å². The van der Waals surface area contributed by atoms with Crippen LogP contribution < -0.4 is 10.1 Å². The Balaban J connectivity index is 0.973. The Labute approximate surface area is 355 Å². The summed E-state index contributed by atoms with van der Waals surface area (Å²) < 4.78 is 17.6. The van der Waals surface area contributed by atoms with Gasteiger partial charge in [0, 0.05) is 57.4 Å². The molecule has 1 N–H and O–H groups in total. The highest BCUT2D eigenvalue weighted by atomic mass is 16.6. The molecule has 3 saturated heterocycles. The summed E-state index contributed by atoms with van der Waals surface area (Å²) in [6.07, 6.45) is 5.32. The Morgan fingerprint density at radius 2 is 1.40 bits per heavy atom. The van der Waals surface area contributed by atoms with Crippen molar-refractivity contribution in [2.75, 3.05) is 64.3 Å². The number of likely N-dealkylation sites (tertiary alicyclic amines) is 3. The number of rotatable bonds is 13. The normalized spacial score (nSPS) is 18.9. The third-order valence-corrected chi connectivity index (χ3v) is 13.1. The zero-order valence-electron chi connectivity index (χ0n) is 35.7. The van der Waals surface area contributed by atoms with Gasteiger partial charge in [-0.25, -0.2) is 9.59 Å². The molecule has 3 aromatic carbocycles. The number of carbonyl (C=O) groups excluding carboxylic acids is 4. The van der Waals surface area contributed by atoms with Crippen LogP contribution in [-0.4, -0.2) is 115 Å². The predicted molar refractivity (Wildman–Crippen MR) is 231 cm³/mol. The molecule has 3 fully saturated rings. The molecule has 1 atom stereocenters. The summed E-state index contributed by atoms with van der Waals surface area (Å²) in [6, 6.07) is 22.0. The highest BCUT2D eigenvalue weighted by molar-refractivity contribution is 5.91. The molecule has 4 amide bonds. The van der Waals surface area contributed by atoms with Crippen LogP contribution in [-0.2, 0) is 38.5 Å². The van der Waals surface area contributed by atoms with Gasteiger partial charge < -0.3 is 39.1 Å². The lowest BCUT2D eigenvalue weighted by Crippen LogP contribution is -2.52. The van der Waals surface area contributed by atoms with Gasteiger partial charge in [0.05, 0.1) is 13.0 Å². The van der Waals surface area contributed by atoms with Crippen LogP contribution >= 0.6 is 0 Å². The molecule has 0 aromatic heterocycles. The monoisotopic (exact) mass is 821 g/mol. The summed E-state index contributed by atoms with van der Waals surface area (Å²) in [6.45, 7) is 12.2. The number of anilines is 1. The molecule has 0 bridgehead atoms. The number of aryl methyl sites for hydroxylation is 2. The van der Waals surface area contributed by atoms with E-state index in [1.54, 1.807) is 4.90 Å². The number of benzene rings is 3. The first kappa shape index (κ1) is 43.0. The molecule has 4 aliphatic rings. The summed E-state index contributed by atoms with van der Waals surface area (Å²) in [7, 11) is 0. The molecule has 0 saturated carbocycles. The van der Waals surface area contributed by atoms with Crippen LogP contribution in [0.15, 0.2) is 66.7 Å². The fourth-order valence-electron chi connectivity index (χ4n) is 9.73. The van der Waals surface area contributed by atoms with Crippen molar-refractivity contribution in [1.82, 2.24) is 19.6 Å². The number of nitrogens with one attached hydrogen (secondary N) is 1.